The molecule has 0 aliphatic carbocycles. The Morgan fingerprint density at radius 1 is 1.55 bits per heavy atom. The van der Waals surface area contributed by atoms with Gasteiger partial charge in [-0.05, 0) is 24.5 Å². The fourth-order valence-corrected chi connectivity index (χ4v) is 3.66. The molecular weight excluding hydrogens is 274 g/mol. The topological polar surface area (TPSA) is 58.6 Å². The smallest absolute Gasteiger partial charge is 0.261 e. The maximum absolute atomic E-state index is 12.2. The van der Waals surface area contributed by atoms with Gasteiger partial charge in [-0.25, -0.2) is 0 Å². The van der Waals surface area contributed by atoms with Gasteiger partial charge in [-0.15, -0.1) is 11.3 Å². The Hall–Kier alpha value is -0.910. The number of nitrogens with one attached hydrogen (secondary N) is 1. The summed E-state index contributed by atoms with van der Waals surface area (Å²) >= 11 is 1.57. The van der Waals surface area contributed by atoms with Crippen molar-refractivity contribution in [1.29, 1.82) is 0 Å². The van der Waals surface area contributed by atoms with Crippen molar-refractivity contribution in [1.82, 2.24) is 5.32 Å². The van der Waals surface area contributed by atoms with Crippen LogP contribution in [0.25, 0.3) is 0 Å². The summed E-state index contributed by atoms with van der Waals surface area (Å²) < 4.78 is 5.17. The summed E-state index contributed by atoms with van der Waals surface area (Å²) in [6.45, 7) is 5.38. The van der Waals surface area contributed by atoms with Crippen LogP contribution in [0.2, 0.25) is 0 Å². The number of hydrogen-bond donors (Lipinski definition) is 2. The quantitative estimate of drug-likeness (QED) is 0.846. The standard InChI is InChI=1S/C15H23NO3S/c1-3-5-12-11(4-2)8-13(20-12)14(17)16-9-15(18)6-7-19-10-15/h8,18H,3-7,9-10H2,1-2H3,(H,16,17). The first-order valence-corrected chi connectivity index (χ1v) is 8.09. The van der Waals surface area contributed by atoms with E-state index in [0.29, 0.717) is 19.6 Å². The highest BCUT2D eigenvalue weighted by Crippen LogP contribution is 2.25. The van der Waals surface area contributed by atoms with Gasteiger partial charge in [0.1, 0.15) is 5.60 Å². The van der Waals surface area contributed by atoms with Gasteiger partial charge < -0.3 is 15.2 Å². The van der Waals surface area contributed by atoms with Crippen LogP contribution in [0.5, 0.6) is 0 Å². The first-order chi connectivity index (χ1) is 9.58. The van der Waals surface area contributed by atoms with E-state index < -0.39 is 5.60 Å². The highest BCUT2D eigenvalue weighted by atomic mass is 32.1. The van der Waals surface area contributed by atoms with Crippen LogP contribution in [-0.4, -0.2) is 36.4 Å². The minimum atomic E-state index is -0.896. The molecular formula is C15H23NO3S. The Morgan fingerprint density at radius 3 is 2.95 bits per heavy atom. The van der Waals surface area contributed by atoms with Gasteiger partial charge >= 0.3 is 0 Å². The number of aryl methyl sites for hydroxylation is 2. The molecule has 1 atom stereocenters. The van der Waals surface area contributed by atoms with Crippen LogP contribution in [0.3, 0.4) is 0 Å². The lowest BCUT2D eigenvalue weighted by atomic mass is 10.0. The van der Waals surface area contributed by atoms with E-state index in [2.05, 4.69) is 19.2 Å². The number of thiophene rings is 1. The van der Waals surface area contributed by atoms with Gasteiger partial charge in [0.15, 0.2) is 0 Å². The molecule has 2 N–H and O–H groups in total. The second kappa shape index (κ2) is 6.70. The molecule has 1 aromatic heterocycles. The number of carbonyl (C=O) groups is 1. The third-order valence-electron chi connectivity index (χ3n) is 3.64. The minimum absolute atomic E-state index is 0.0904. The molecule has 0 aromatic carbocycles. The van der Waals surface area contributed by atoms with E-state index in [9.17, 15) is 9.90 Å². The molecule has 1 unspecified atom stereocenters. The van der Waals surface area contributed by atoms with E-state index in [-0.39, 0.29) is 12.5 Å². The molecule has 2 heterocycles. The van der Waals surface area contributed by atoms with Crippen LogP contribution in [0.1, 0.15) is 46.8 Å². The molecule has 0 radical (unpaired) electrons. The number of ether oxygens (including phenoxy) is 1. The third-order valence-corrected chi connectivity index (χ3v) is 4.87. The normalized spacial score (nSPS) is 22.1. The molecule has 1 amide bonds. The maximum atomic E-state index is 12.2. The predicted molar refractivity (Wildman–Crippen MR) is 80.4 cm³/mol. The van der Waals surface area contributed by atoms with Gasteiger partial charge in [-0.1, -0.05) is 20.3 Å². The second-order valence-corrected chi connectivity index (χ2v) is 6.51. The van der Waals surface area contributed by atoms with Gasteiger partial charge in [0.25, 0.3) is 5.91 Å². The number of aliphatic hydroxyl groups is 1. The van der Waals surface area contributed by atoms with E-state index in [1.54, 1.807) is 11.3 Å². The summed E-state index contributed by atoms with van der Waals surface area (Å²) in [4.78, 5) is 14.2. The van der Waals surface area contributed by atoms with Crippen LogP contribution in [0.15, 0.2) is 6.07 Å². The zero-order valence-electron chi connectivity index (χ0n) is 12.2. The van der Waals surface area contributed by atoms with Crippen molar-refractivity contribution in [3.05, 3.63) is 21.4 Å². The van der Waals surface area contributed by atoms with E-state index in [4.69, 9.17) is 4.74 Å². The van der Waals surface area contributed by atoms with E-state index >= 15 is 0 Å². The first kappa shape index (κ1) is 15.5. The molecule has 1 fully saturated rings. The van der Waals surface area contributed by atoms with Gasteiger partial charge in [-0.3, -0.25) is 4.79 Å². The number of hydrogen-bond acceptors (Lipinski definition) is 4. The third kappa shape index (κ3) is 3.59. The number of carbonyl (C=O) groups excluding carboxylic acids is 1. The average Bonchev–Trinajstić information content (AvgIpc) is 3.04. The summed E-state index contributed by atoms with van der Waals surface area (Å²) in [5.41, 5.74) is 0.372. The van der Waals surface area contributed by atoms with Gasteiger partial charge in [0, 0.05) is 24.4 Å². The fraction of sp³-hybridized carbons (Fsp3) is 0.667. The molecule has 1 aromatic rings. The second-order valence-electron chi connectivity index (χ2n) is 5.37. The van der Waals surface area contributed by atoms with Crippen molar-refractivity contribution in [2.75, 3.05) is 19.8 Å². The number of amides is 1. The van der Waals surface area contributed by atoms with Gasteiger partial charge in [0.2, 0.25) is 0 Å². The Kier molecular flexibility index (Phi) is 5.18. The maximum Gasteiger partial charge on any atom is 0.261 e. The zero-order chi connectivity index (χ0) is 14.6. The SMILES string of the molecule is CCCc1sc(C(=O)NCC2(O)CCOC2)cc1CC. The Labute approximate surface area is 124 Å². The molecule has 0 bridgehead atoms. The first-order valence-electron chi connectivity index (χ1n) is 7.28. The van der Waals surface area contributed by atoms with E-state index in [1.807, 2.05) is 6.07 Å². The highest BCUT2D eigenvalue weighted by Gasteiger charge is 2.32. The Balaban J connectivity index is 1.98. The highest BCUT2D eigenvalue weighted by molar-refractivity contribution is 7.14. The average molecular weight is 297 g/mol. The van der Waals surface area contributed by atoms with Crippen molar-refractivity contribution in [2.45, 2.75) is 45.1 Å². The molecule has 1 saturated heterocycles. The molecule has 1 aliphatic rings. The van der Waals surface area contributed by atoms with Crippen molar-refractivity contribution in [3.8, 4) is 0 Å². The van der Waals surface area contributed by atoms with Gasteiger partial charge in [0.05, 0.1) is 11.5 Å². The van der Waals surface area contributed by atoms with Crippen molar-refractivity contribution in [2.24, 2.45) is 0 Å². The molecule has 0 spiro atoms. The van der Waals surface area contributed by atoms with Crippen molar-refractivity contribution >= 4 is 17.2 Å². The van der Waals surface area contributed by atoms with Crippen LogP contribution in [0.4, 0.5) is 0 Å². The van der Waals surface area contributed by atoms with Crippen LogP contribution in [0, 0.1) is 0 Å². The zero-order valence-corrected chi connectivity index (χ0v) is 13.0. The van der Waals surface area contributed by atoms with Crippen molar-refractivity contribution in [3.63, 3.8) is 0 Å². The summed E-state index contributed by atoms with van der Waals surface area (Å²) in [5.74, 6) is -0.0904. The molecule has 0 saturated carbocycles. The van der Waals surface area contributed by atoms with Crippen LogP contribution >= 0.6 is 11.3 Å². The van der Waals surface area contributed by atoms with Crippen LogP contribution < -0.4 is 5.32 Å². The predicted octanol–water partition coefficient (Wildman–Crippen LogP) is 2.14. The Bertz CT molecular complexity index is 464. The molecule has 4 nitrogen and oxygen atoms in total. The lowest BCUT2D eigenvalue weighted by Crippen LogP contribution is -2.43. The molecule has 112 valence electrons. The lowest BCUT2D eigenvalue weighted by Gasteiger charge is -2.20. The Morgan fingerprint density at radius 2 is 2.35 bits per heavy atom. The van der Waals surface area contributed by atoms with Gasteiger partial charge in [-0.2, -0.15) is 0 Å². The largest absolute Gasteiger partial charge is 0.386 e. The molecule has 1 aliphatic heterocycles. The van der Waals surface area contributed by atoms with E-state index in [0.717, 1.165) is 24.1 Å². The summed E-state index contributed by atoms with van der Waals surface area (Å²) in [6, 6.07) is 1.99. The summed E-state index contributed by atoms with van der Waals surface area (Å²) in [6.07, 6.45) is 3.65. The lowest BCUT2D eigenvalue weighted by molar-refractivity contribution is 0.0265. The van der Waals surface area contributed by atoms with Crippen LogP contribution in [-0.2, 0) is 17.6 Å². The molecule has 5 heteroatoms. The monoisotopic (exact) mass is 297 g/mol. The number of rotatable bonds is 6. The molecule has 2 rings (SSSR count). The van der Waals surface area contributed by atoms with E-state index in [1.165, 1.54) is 10.4 Å². The molecule has 20 heavy (non-hydrogen) atoms. The minimum Gasteiger partial charge on any atom is -0.386 e. The van der Waals surface area contributed by atoms with Crippen molar-refractivity contribution < 1.29 is 14.6 Å². The summed E-state index contributed by atoms with van der Waals surface area (Å²) in [7, 11) is 0. The fourth-order valence-electron chi connectivity index (χ4n) is 2.38. The summed E-state index contributed by atoms with van der Waals surface area (Å²) in [5, 5.41) is 13.0.